The van der Waals surface area contributed by atoms with Crippen LogP contribution in [-0.2, 0) is 0 Å². The zero-order chi connectivity index (χ0) is 12.3. The zero-order valence-electron chi connectivity index (χ0n) is 9.18. The largest absolute Gasteiger partial charge is 0.467 e. The maximum absolute atomic E-state index is 13.2. The molecule has 0 fully saturated rings. The molecule has 0 saturated carbocycles. The molecule has 1 N–H and O–H groups in total. The maximum Gasteiger partial charge on any atom is 0.256 e. The average Bonchev–Trinajstić information content (AvgIpc) is 2.82. The topological polar surface area (TPSA) is 55.1 Å². The second-order valence-electron chi connectivity index (χ2n) is 3.55. The normalized spacial score (nSPS) is 12.1. The van der Waals surface area contributed by atoms with Crippen molar-refractivity contribution in [2.24, 2.45) is 0 Å². The lowest BCUT2D eigenvalue weighted by Gasteiger charge is -2.11. The third-order valence-corrected chi connectivity index (χ3v) is 2.32. The van der Waals surface area contributed by atoms with Gasteiger partial charge in [-0.2, -0.15) is 4.39 Å². The summed E-state index contributed by atoms with van der Waals surface area (Å²) in [6, 6.07) is 6.03. The molecule has 0 radical (unpaired) electrons. The van der Waals surface area contributed by atoms with E-state index in [0.717, 1.165) is 0 Å². The number of amides is 1. The molecule has 0 aliphatic heterocycles. The lowest BCUT2D eigenvalue weighted by atomic mass is 10.2. The van der Waals surface area contributed by atoms with Crippen molar-refractivity contribution in [1.29, 1.82) is 0 Å². The highest BCUT2D eigenvalue weighted by atomic mass is 19.1. The second kappa shape index (κ2) is 4.78. The molecule has 88 valence electrons. The number of carbonyl (C=O) groups excluding carboxylic acids is 1. The minimum Gasteiger partial charge on any atom is -0.467 e. The van der Waals surface area contributed by atoms with Gasteiger partial charge in [0.25, 0.3) is 5.91 Å². The van der Waals surface area contributed by atoms with Crippen LogP contribution in [0.25, 0.3) is 0 Å². The number of carbonyl (C=O) groups is 1. The van der Waals surface area contributed by atoms with Crippen LogP contribution in [0.15, 0.2) is 41.1 Å². The number of halogens is 1. The molecule has 0 aromatic carbocycles. The Bertz CT molecular complexity index is 511. The van der Waals surface area contributed by atoms with Gasteiger partial charge >= 0.3 is 0 Å². The summed E-state index contributed by atoms with van der Waals surface area (Å²) in [4.78, 5) is 15.2. The van der Waals surface area contributed by atoms with Crippen molar-refractivity contribution in [3.8, 4) is 0 Å². The van der Waals surface area contributed by atoms with Gasteiger partial charge in [-0.25, -0.2) is 4.98 Å². The maximum atomic E-state index is 13.2. The summed E-state index contributed by atoms with van der Waals surface area (Å²) in [5.41, 5.74) is -0.0779. The Labute approximate surface area is 97.5 Å². The van der Waals surface area contributed by atoms with Gasteiger partial charge in [-0.05, 0) is 31.2 Å². The van der Waals surface area contributed by atoms with Gasteiger partial charge in [0.15, 0.2) is 0 Å². The van der Waals surface area contributed by atoms with E-state index in [4.69, 9.17) is 4.42 Å². The Morgan fingerprint density at radius 1 is 1.47 bits per heavy atom. The van der Waals surface area contributed by atoms with E-state index in [1.54, 1.807) is 19.1 Å². The SMILES string of the molecule is CC(NC(=O)c1cccnc1F)c1ccco1. The number of pyridine rings is 1. The van der Waals surface area contributed by atoms with Crippen LogP contribution in [-0.4, -0.2) is 10.9 Å². The van der Waals surface area contributed by atoms with Gasteiger partial charge in [0, 0.05) is 6.20 Å². The van der Waals surface area contributed by atoms with Crippen molar-refractivity contribution >= 4 is 5.91 Å². The third kappa shape index (κ3) is 2.50. The lowest BCUT2D eigenvalue weighted by Crippen LogP contribution is -2.27. The monoisotopic (exact) mass is 234 g/mol. The van der Waals surface area contributed by atoms with Gasteiger partial charge in [-0.15, -0.1) is 0 Å². The number of nitrogens with zero attached hydrogens (tertiary/aromatic N) is 1. The van der Waals surface area contributed by atoms with E-state index in [9.17, 15) is 9.18 Å². The standard InChI is InChI=1S/C12H11FN2O2/c1-8(10-5-3-7-17-10)15-12(16)9-4-2-6-14-11(9)13/h2-8H,1H3,(H,15,16). The Morgan fingerprint density at radius 2 is 2.29 bits per heavy atom. The summed E-state index contributed by atoms with van der Waals surface area (Å²) in [6.45, 7) is 1.75. The first-order chi connectivity index (χ1) is 8.18. The highest BCUT2D eigenvalue weighted by molar-refractivity contribution is 5.94. The van der Waals surface area contributed by atoms with Crippen molar-refractivity contribution in [3.05, 3.63) is 54.0 Å². The van der Waals surface area contributed by atoms with Gasteiger partial charge in [-0.1, -0.05) is 0 Å². The molecule has 1 atom stereocenters. The molecule has 1 amide bonds. The summed E-state index contributed by atoms with van der Waals surface area (Å²) in [7, 11) is 0. The van der Waals surface area contributed by atoms with Crippen LogP contribution in [0.5, 0.6) is 0 Å². The van der Waals surface area contributed by atoms with Gasteiger partial charge in [0.2, 0.25) is 5.95 Å². The Balaban J connectivity index is 2.10. The molecule has 0 bridgehead atoms. The summed E-state index contributed by atoms with van der Waals surface area (Å²) in [6.07, 6.45) is 2.81. The fourth-order valence-corrected chi connectivity index (χ4v) is 1.44. The highest BCUT2D eigenvalue weighted by Crippen LogP contribution is 2.13. The van der Waals surface area contributed by atoms with Crippen LogP contribution in [0.3, 0.4) is 0 Å². The van der Waals surface area contributed by atoms with E-state index in [1.807, 2.05) is 0 Å². The van der Waals surface area contributed by atoms with E-state index in [0.29, 0.717) is 5.76 Å². The quantitative estimate of drug-likeness (QED) is 0.829. The van der Waals surface area contributed by atoms with Gasteiger partial charge in [0.1, 0.15) is 5.76 Å². The van der Waals surface area contributed by atoms with Crippen LogP contribution >= 0.6 is 0 Å². The number of nitrogens with one attached hydrogen (secondary N) is 1. The van der Waals surface area contributed by atoms with Gasteiger partial charge < -0.3 is 9.73 Å². The van der Waals surface area contributed by atoms with Crippen LogP contribution in [0.4, 0.5) is 4.39 Å². The first-order valence-electron chi connectivity index (χ1n) is 5.13. The lowest BCUT2D eigenvalue weighted by molar-refractivity contribution is 0.0930. The van der Waals surface area contributed by atoms with E-state index >= 15 is 0 Å². The van der Waals surface area contributed by atoms with Crippen molar-refractivity contribution < 1.29 is 13.6 Å². The number of hydrogen-bond acceptors (Lipinski definition) is 3. The molecule has 2 aromatic heterocycles. The molecule has 2 rings (SSSR count). The van der Waals surface area contributed by atoms with Crippen molar-refractivity contribution in [1.82, 2.24) is 10.3 Å². The molecule has 0 aliphatic rings. The van der Waals surface area contributed by atoms with Crippen LogP contribution in [0, 0.1) is 5.95 Å². The molecule has 0 saturated heterocycles. The summed E-state index contributed by atoms with van der Waals surface area (Å²) in [5, 5.41) is 2.63. The molecule has 0 aliphatic carbocycles. The van der Waals surface area contributed by atoms with Gasteiger partial charge in [0.05, 0.1) is 17.9 Å². The van der Waals surface area contributed by atoms with E-state index in [1.165, 1.54) is 24.6 Å². The van der Waals surface area contributed by atoms with Crippen LogP contribution in [0.2, 0.25) is 0 Å². The summed E-state index contributed by atoms with van der Waals surface area (Å²) >= 11 is 0. The molecule has 4 nitrogen and oxygen atoms in total. The van der Waals surface area contributed by atoms with Crippen molar-refractivity contribution in [3.63, 3.8) is 0 Å². The summed E-state index contributed by atoms with van der Waals surface area (Å²) < 4.78 is 18.4. The molecule has 1 unspecified atom stereocenters. The van der Waals surface area contributed by atoms with Crippen LogP contribution in [0.1, 0.15) is 29.1 Å². The smallest absolute Gasteiger partial charge is 0.256 e. The number of furan rings is 1. The molecule has 2 aromatic rings. The predicted octanol–water partition coefficient (Wildman–Crippen LogP) is 2.30. The van der Waals surface area contributed by atoms with E-state index in [-0.39, 0.29) is 11.6 Å². The molecular weight excluding hydrogens is 223 g/mol. The Kier molecular flexibility index (Phi) is 3.18. The summed E-state index contributed by atoms with van der Waals surface area (Å²) in [5.74, 6) is -0.682. The number of aromatic nitrogens is 1. The minimum absolute atomic E-state index is 0.0779. The highest BCUT2D eigenvalue weighted by Gasteiger charge is 2.16. The van der Waals surface area contributed by atoms with E-state index < -0.39 is 11.9 Å². The third-order valence-electron chi connectivity index (χ3n) is 2.32. The average molecular weight is 234 g/mol. The first-order valence-corrected chi connectivity index (χ1v) is 5.13. The van der Waals surface area contributed by atoms with Crippen molar-refractivity contribution in [2.45, 2.75) is 13.0 Å². The Morgan fingerprint density at radius 3 is 2.94 bits per heavy atom. The number of rotatable bonds is 3. The fraction of sp³-hybridized carbons (Fsp3) is 0.167. The molecule has 0 spiro atoms. The molecule has 5 heteroatoms. The molecule has 2 heterocycles. The minimum atomic E-state index is -0.781. The number of hydrogen-bond donors (Lipinski definition) is 1. The first kappa shape index (κ1) is 11.3. The zero-order valence-corrected chi connectivity index (χ0v) is 9.18. The van der Waals surface area contributed by atoms with Crippen LogP contribution < -0.4 is 5.32 Å². The second-order valence-corrected chi connectivity index (χ2v) is 3.55. The van der Waals surface area contributed by atoms with Gasteiger partial charge in [-0.3, -0.25) is 4.79 Å². The Hall–Kier alpha value is -2.17. The predicted molar refractivity (Wildman–Crippen MR) is 58.8 cm³/mol. The fourth-order valence-electron chi connectivity index (χ4n) is 1.44. The molecular formula is C12H11FN2O2. The molecule has 17 heavy (non-hydrogen) atoms. The van der Waals surface area contributed by atoms with E-state index in [2.05, 4.69) is 10.3 Å². The van der Waals surface area contributed by atoms with Crippen molar-refractivity contribution in [2.75, 3.05) is 0 Å².